The summed E-state index contributed by atoms with van der Waals surface area (Å²) in [4.78, 5) is 25.1. The molecule has 1 fully saturated rings. The lowest BCUT2D eigenvalue weighted by molar-refractivity contribution is -0.139. The van der Waals surface area contributed by atoms with E-state index in [1.54, 1.807) is 9.58 Å². The smallest absolute Gasteiger partial charge is 0.317 e. The monoisotopic (exact) mass is 356 g/mol. The summed E-state index contributed by atoms with van der Waals surface area (Å²) in [6.45, 7) is 3.59. The third-order valence-corrected chi connectivity index (χ3v) is 4.41. The van der Waals surface area contributed by atoms with E-state index >= 15 is 0 Å². The molecule has 0 saturated heterocycles. The van der Waals surface area contributed by atoms with E-state index in [-0.39, 0.29) is 25.0 Å². The molecule has 3 rings (SSSR count). The van der Waals surface area contributed by atoms with Gasteiger partial charge in [-0.15, -0.1) is 0 Å². The van der Waals surface area contributed by atoms with Crippen molar-refractivity contribution in [3.63, 3.8) is 0 Å². The van der Waals surface area contributed by atoms with E-state index in [1.165, 1.54) is 0 Å². The summed E-state index contributed by atoms with van der Waals surface area (Å²) in [6, 6.07) is 11.5. The van der Waals surface area contributed by atoms with Crippen LogP contribution < -0.4 is 5.32 Å². The Morgan fingerprint density at radius 3 is 2.54 bits per heavy atom. The number of hydrogen-bond donors (Lipinski definition) is 2. The van der Waals surface area contributed by atoms with Crippen LogP contribution in [0.3, 0.4) is 0 Å². The molecule has 2 N–H and O–H groups in total. The first-order valence-corrected chi connectivity index (χ1v) is 8.85. The minimum absolute atomic E-state index is 0.0166. The number of rotatable bonds is 8. The minimum atomic E-state index is -0.947. The van der Waals surface area contributed by atoms with Crippen molar-refractivity contribution in [2.45, 2.75) is 38.6 Å². The molecule has 7 heteroatoms. The van der Waals surface area contributed by atoms with Gasteiger partial charge in [0.25, 0.3) is 0 Å². The fraction of sp³-hybridized carbons (Fsp3) is 0.421. The number of amides is 1. The Morgan fingerprint density at radius 1 is 1.27 bits per heavy atom. The Labute approximate surface area is 152 Å². The van der Waals surface area contributed by atoms with Crippen molar-refractivity contribution in [2.24, 2.45) is 0 Å². The van der Waals surface area contributed by atoms with Gasteiger partial charge in [-0.2, -0.15) is 5.10 Å². The Balaban J connectivity index is 1.78. The molecule has 26 heavy (non-hydrogen) atoms. The van der Waals surface area contributed by atoms with E-state index in [4.69, 9.17) is 5.11 Å². The van der Waals surface area contributed by atoms with Gasteiger partial charge in [0.15, 0.2) is 0 Å². The van der Waals surface area contributed by atoms with E-state index in [1.807, 2.05) is 50.2 Å². The number of anilines is 1. The number of carbonyl (C=O) groups is 2. The fourth-order valence-electron chi connectivity index (χ4n) is 2.79. The van der Waals surface area contributed by atoms with Gasteiger partial charge in [0, 0.05) is 18.0 Å². The first kappa shape index (κ1) is 18.1. The second kappa shape index (κ2) is 7.70. The molecule has 0 aliphatic heterocycles. The molecule has 1 saturated carbocycles. The molecule has 0 unspecified atom stereocenters. The van der Waals surface area contributed by atoms with Gasteiger partial charge in [-0.05, 0) is 38.8 Å². The van der Waals surface area contributed by atoms with Gasteiger partial charge in [-0.25, -0.2) is 4.68 Å². The molecule has 0 spiro atoms. The van der Waals surface area contributed by atoms with Crippen molar-refractivity contribution in [1.82, 2.24) is 14.7 Å². The number of nitrogens with one attached hydrogen (secondary N) is 1. The van der Waals surface area contributed by atoms with E-state index in [9.17, 15) is 9.59 Å². The summed E-state index contributed by atoms with van der Waals surface area (Å²) < 4.78 is 1.74. The number of benzene rings is 1. The van der Waals surface area contributed by atoms with Crippen molar-refractivity contribution in [3.05, 3.63) is 42.1 Å². The van der Waals surface area contributed by atoms with E-state index in [0.29, 0.717) is 11.7 Å². The SMILES string of the molecule is CC(C)N(CC(=O)O)CC(=O)Nc1cc(C2CC2)nn1-c1ccccc1. The summed E-state index contributed by atoms with van der Waals surface area (Å²) in [5.41, 5.74) is 1.86. The second-order valence-corrected chi connectivity index (χ2v) is 6.92. The highest BCUT2D eigenvalue weighted by Gasteiger charge is 2.28. The van der Waals surface area contributed by atoms with Crippen molar-refractivity contribution in [3.8, 4) is 5.69 Å². The maximum atomic E-state index is 12.5. The predicted octanol–water partition coefficient (Wildman–Crippen LogP) is 2.48. The average molecular weight is 356 g/mol. The van der Waals surface area contributed by atoms with Gasteiger partial charge in [0.05, 0.1) is 24.5 Å². The molecule has 2 aromatic rings. The molecule has 0 radical (unpaired) electrons. The van der Waals surface area contributed by atoms with Gasteiger partial charge >= 0.3 is 5.97 Å². The topological polar surface area (TPSA) is 87.5 Å². The predicted molar refractivity (Wildman–Crippen MR) is 98.5 cm³/mol. The zero-order chi connectivity index (χ0) is 18.7. The van der Waals surface area contributed by atoms with Crippen molar-refractivity contribution in [1.29, 1.82) is 0 Å². The Morgan fingerprint density at radius 2 is 1.96 bits per heavy atom. The summed E-state index contributed by atoms with van der Waals surface area (Å²) in [5.74, 6) is -0.117. The lowest BCUT2D eigenvalue weighted by atomic mass is 10.3. The first-order valence-electron chi connectivity index (χ1n) is 8.85. The zero-order valence-electron chi connectivity index (χ0n) is 15.1. The molecule has 138 valence electrons. The Bertz CT molecular complexity index is 781. The molecule has 1 aliphatic rings. The quantitative estimate of drug-likeness (QED) is 0.759. The number of carboxylic acid groups (broad SMARTS) is 1. The highest BCUT2D eigenvalue weighted by molar-refractivity contribution is 5.92. The van der Waals surface area contributed by atoms with Gasteiger partial charge in [0.2, 0.25) is 5.91 Å². The van der Waals surface area contributed by atoms with Crippen LogP contribution in [0.15, 0.2) is 36.4 Å². The zero-order valence-corrected chi connectivity index (χ0v) is 15.1. The number of aliphatic carboxylic acids is 1. The standard InChI is InChI=1S/C19H24N4O3/c1-13(2)22(12-19(25)26)11-18(24)20-17-10-16(14-8-9-14)21-23(17)15-6-4-3-5-7-15/h3-7,10,13-14H,8-9,11-12H2,1-2H3,(H,20,24)(H,25,26). The van der Waals surface area contributed by atoms with Crippen LogP contribution in [-0.4, -0.2) is 50.8 Å². The fourth-order valence-corrected chi connectivity index (χ4v) is 2.79. The average Bonchev–Trinajstić information content (AvgIpc) is 3.36. The first-order chi connectivity index (χ1) is 12.4. The summed E-state index contributed by atoms with van der Waals surface area (Å²) >= 11 is 0. The number of nitrogens with zero attached hydrogens (tertiary/aromatic N) is 3. The van der Waals surface area contributed by atoms with E-state index in [2.05, 4.69) is 10.4 Å². The maximum absolute atomic E-state index is 12.5. The normalized spacial score (nSPS) is 14.0. The number of aromatic nitrogens is 2. The lowest BCUT2D eigenvalue weighted by Crippen LogP contribution is -2.41. The minimum Gasteiger partial charge on any atom is -0.480 e. The number of hydrogen-bond acceptors (Lipinski definition) is 4. The van der Waals surface area contributed by atoms with Crippen molar-refractivity contribution in [2.75, 3.05) is 18.4 Å². The molecule has 7 nitrogen and oxygen atoms in total. The Hall–Kier alpha value is -2.67. The molecule has 1 aromatic carbocycles. The van der Waals surface area contributed by atoms with Crippen molar-refractivity contribution < 1.29 is 14.7 Å². The second-order valence-electron chi connectivity index (χ2n) is 6.92. The molecule has 1 aromatic heterocycles. The summed E-state index contributed by atoms with van der Waals surface area (Å²) in [5, 5.41) is 16.6. The molecular weight excluding hydrogens is 332 g/mol. The van der Waals surface area contributed by atoms with Gasteiger partial charge in [-0.1, -0.05) is 18.2 Å². The van der Waals surface area contributed by atoms with E-state index < -0.39 is 5.97 Å². The number of carbonyl (C=O) groups excluding carboxylic acids is 1. The van der Waals surface area contributed by atoms with Crippen LogP contribution in [-0.2, 0) is 9.59 Å². The van der Waals surface area contributed by atoms with Gasteiger partial charge in [-0.3, -0.25) is 14.5 Å². The van der Waals surface area contributed by atoms with Crippen LogP contribution >= 0.6 is 0 Å². The molecule has 1 heterocycles. The van der Waals surface area contributed by atoms with E-state index in [0.717, 1.165) is 24.2 Å². The third kappa shape index (κ3) is 4.49. The van der Waals surface area contributed by atoms with Crippen molar-refractivity contribution >= 4 is 17.7 Å². The third-order valence-electron chi connectivity index (χ3n) is 4.41. The van der Waals surface area contributed by atoms with Crippen LogP contribution in [0.1, 0.15) is 38.3 Å². The summed E-state index contributed by atoms with van der Waals surface area (Å²) in [7, 11) is 0. The molecular formula is C19H24N4O3. The maximum Gasteiger partial charge on any atom is 0.317 e. The molecule has 0 atom stereocenters. The molecule has 1 amide bonds. The van der Waals surface area contributed by atoms with Gasteiger partial charge < -0.3 is 10.4 Å². The highest BCUT2D eigenvalue weighted by atomic mass is 16.4. The summed E-state index contributed by atoms with van der Waals surface area (Å²) in [6.07, 6.45) is 2.25. The molecule has 1 aliphatic carbocycles. The molecule has 0 bridgehead atoms. The Kier molecular flexibility index (Phi) is 5.37. The van der Waals surface area contributed by atoms with Crippen LogP contribution in [0.5, 0.6) is 0 Å². The van der Waals surface area contributed by atoms with Crippen LogP contribution in [0.4, 0.5) is 5.82 Å². The number of para-hydroxylation sites is 1. The number of carboxylic acids is 1. The highest BCUT2D eigenvalue weighted by Crippen LogP contribution is 2.40. The van der Waals surface area contributed by atoms with Gasteiger partial charge in [0.1, 0.15) is 5.82 Å². The lowest BCUT2D eigenvalue weighted by Gasteiger charge is -2.23. The van der Waals surface area contributed by atoms with Crippen LogP contribution in [0.2, 0.25) is 0 Å². The van der Waals surface area contributed by atoms with Crippen LogP contribution in [0.25, 0.3) is 5.69 Å². The van der Waals surface area contributed by atoms with Crippen LogP contribution in [0, 0.1) is 0 Å². The largest absolute Gasteiger partial charge is 0.480 e.